The molecule has 0 radical (unpaired) electrons. The van der Waals surface area contributed by atoms with Crippen molar-refractivity contribution in [1.29, 1.82) is 0 Å². The number of carbonyl (C=O) groups is 1. The summed E-state index contributed by atoms with van der Waals surface area (Å²) in [5.41, 5.74) is 6.18. The maximum atomic E-state index is 12.5. The molecule has 19 heavy (non-hydrogen) atoms. The highest BCUT2D eigenvalue weighted by atomic mass is 32.1. The number of thiophene rings is 1. The zero-order valence-electron chi connectivity index (χ0n) is 11.2. The Kier molecular flexibility index (Phi) is 4.97. The van der Waals surface area contributed by atoms with Crippen molar-refractivity contribution in [2.75, 3.05) is 39.3 Å². The van der Waals surface area contributed by atoms with Gasteiger partial charge >= 0.3 is 0 Å². The van der Waals surface area contributed by atoms with Crippen LogP contribution >= 0.6 is 11.3 Å². The van der Waals surface area contributed by atoms with Gasteiger partial charge < -0.3 is 15.5 Å². The average Bonchev–Trinajstić information content (AvgIpc) is 2.92. The van der Waals surface area contributed by atoms with E-state index in [0.717, 1.165) is 43.2 Å². The first-order chi connectivity index (χ1) is 9.26. The highest BCUT2D eigenvalue weighted by Crippen LogP contribution is 2.19. The van der Waals surface area contributed by atoms with Crippen LogP contribution in [0.5, 0.6) is 0 Å². The van der Waals surface area contributed by atoms with Crippen LogP contribution < -0.4 is 5.73 Å². The van der Waals surface area contributed by atoms with Crippen LogP contribution in [0.2, 0.25) is 0 Å². The van der Waals surface area contributed by atoms with Gasteiger partial charge in [-0.25, -0.2) is 0 Å². The molecule has 5 heteroatoms. The number of carbonyl (C=O) groups excluding carboxylic acids is 1. The molecule has 0 spiro atoms. The Labute approximate surface area is 118 Å². The molecule has 0 aliphatic carbocycles. The Hall–Kier alpha value is -1.35. The standard InChI is InChI=1S/C14H19N3OS/c1-2-16-7-9-17(10-8-16)14(18)13-12(4-3-6-15)5-11-19-13/h5,11H,2,6-10,15H2,1H3. The van der Waals surface area contributed by atoms with E-state index in [9.17, 15) is 4.79 Å². The van der Waals surface area contributed by atoms with E-state index in [4.69, 9.17) is 5.73 Å². The maximum Gasteiger partial charge on any atom is 0.265 e. The number of rotatable bonds is 2. The first-order valence-corrected chi connectivity index (χ1v) is 7.42. The minimum absolute atomic E-state index is 0.104. The summed E-state index contributed by atoms with van der Waals surface area (Å²) < 4.78 is 0. The van der Waals surface area contributed by atoms with E-state index in [1.165, 1.54) is 11.3 Å². The lowest BCUT2D eigenvalue weighted by atomic mass is 10.2. The monoisotopic (exact) mass is 277 g/mol. The molecule has 2 rings (SSSR count). The lowest BCUT2D eigenvalue weighted by Gasteiger charge is -2.33. The molecule has 1 saturated heterocycles. The van der Waals surface area contributed by atoms with Gasteiger partial charge in [-0.15, -0.1) is 11.3 Å². The Morgan fingerprint density at radius 3 is 2.79 bits per heavy atom. The lowest BCUT2D eigenvalue weighted by molar-refractivity contribution is 0.0648. The van der Waals surface area contributed by atoms with Crippen molar-refractivity contribution in [3.8, 4) is 11.8 Å². The van der Waals surface area contributed by atoms with E-state index < -0.39 is 0 Å². The second-order valence-electron chi connectivity index (χ2n) is 4.40. The summed E-state index contributed by atoms with van der Waals surface area (Å²) in [6, 6.07) is 1.89. The molecule has 2 N–H and O–H groups in total. The summed E-state index contributed by atoms with van der Waals surface area (Å²) in [5, 5.41) is 1.91. The van der Waals surface area contributed by atoms with Crippen molar-refractivity contribution >= 4 is 17.2 Å². The minimum Gasteiger partial charge on any atom is -0.335 e. The van der Waals surface area contributed by atoms with Gasteiger partial charge in [-0.3, -0.25) is 4.79 Å². The summed E-state index contributed by atoms with van der Waals surface area (Å²) in [6.45, 7) is 7.03. The predicted octanol–water partition coefficient (Wildman–Crippen LogP) is 0.836. The third-order valence-corrected chi connectivity index (χ3v) is 4.19. The van der Waals surface area contributed by atoms with Crippen LogP contribution in [0.1, 0.15) is 22.2 Å². The molecule has 102 valence electrons. The normalized spacial score (nSPS) is 16.0. The smallest absolute Gasteiger partial charge is 0.265 e. The molecular weight excluding hydrogens is 258 g/mol. The van der Waals surface area contributed by atoms with E-state index in [0.29, 0.717) is 6.54 Å². The molecule has 0 aromatic carbocycles. The highest BCUT2D eigenvalue weighted by Gasteiger charge is 2.23. The Balaban J connectivity index is 2.06. The molecule has 1 aromatic rings. The number of nitrogens with two attached hydrogens (primary N) is 1. The van der Waals surface area contributed by atoms with Crippen LogP contribution in [0.3, 0.4) is 0 Å². The maximum absolute atomic E-state index is 12.5. The molecule has 1 aliphatic heterocycles. The lowest BCUT2D eigenvalue weighted by Crippen LogP contribution is -2.48. The zero-order valence-corrected chi connectivity index (χ0v) is 12.0. The first-order valence-electron chi connectivity index (χ1n) is 6.54. The third-order valence-electron chi connectivity index (χ3n) is 3.29. The van der Waals surface area contributed by atoms with Crippen LogP contribution in [-0.4, -0.2) is 55.0 Å². The van der Waals surface area contributed by atoms with Gasteiger partial charge in [0.05, 0.1) is 6.54 Å². The van der Waals surface area contributed by atoms with Crippen molar-refractivity contribution < 1.29 is 4.79 Å². The zero-order chi connectivity index (χ0) is 13.7. The van der Waals surface area contributed by atoms with Crippen molar-refractivity contribution in [3.63, 3.8) is 0 Å². The van der Waals surface area contributed by atoms with E-state index in [2.05, 4.69) is 23.7 Å². The second kappa shape index (κ2) is 6.71. The molecule has 1 fully saturated rings. The molecule has 0 unspecified atom stereocenters. The molecule has 0 saturated carbocycles. The summed E-state index contributed by atoms with van der Waals surface area (Å²) in [5.74, 6) is 5.88. The molecule has 0 atom stereocenters. The quantitative estimate of drug-likeness (QED) is 0.815. The Bertz CT molecular complexity index is 492. The first kappa shape index (κ1) is 14.1. The summed E-state index contributed by atoms with van der Waals surface area (Å²) in [4.78, 5) is 17.5. The van der Waals surface area contributed by atoms with Crippen LogP contribution in [0.15, 0.2) is 11.4 Å². The fraction of sp³-hybridized carbons (Fsp3) is 0.500. The number of hydrogen-bond donors (Lipinski definition) is 1. The molecule has 1 aliphatic rings. The van der Waals surface area contributed by atoms with Gasteiger partial charge in [-0.1, -0.05) is 18.8 Å². The minimum atomic E-state index is 0.104. The van der Waals surface area contributed by atoms with Gasteiger partial charge in [0, 0.05) is 31.7 Å². The van der Waals surface area contributed by atoms with Crippen molar-refractivity contribution in [2.24, 2.45) is 5.73 Å². The summed E-state index contributed by atoms with van der Waals surface area (Å²) >= 11 is 1.46. The predicted molar refractivity (Wildman–Crippen MR) is 78.3 cm³/mol. The van der Waals surface area contributed by atoms with E-state index in [1.807, 2.05) is 16.3 Å². The molecule has 4 nitrogen and oxygen atoms in total. The number of nitrogens with zero attached hydrogens (tertiary/aromatic N) is 2. The van der Waals surface area contributed by atoms with Crippen molar-refractivity contribution in [2.45, 2.75) is 6.92 Å². The van der Waals surface area contributed by atoms with Gasteiger partial charge in [0.25, 0.3) is 5.91 Å². The van der Waals surface area contributed by atoms with Gasteiger partial charge in [0.15, 0.2) is 0 Å². The fourth-order valence-corrected chi connectivity index (χ4v) is 2.95. The molecule has 2 heterocycles. The largest absolute Gasteiger partial charge is 0.335 e. The van der Waals surface area contributed by atoms with Gasteiger partial charge in [0.1, 0.15) is 4.88 Å². The van der Waals surface area contributed by atoms with E-state index >= 15 is 0 Å². The summed E-state index contributed by atoms with van der Waals surface area (Å²) in [7, 11) is 0. The number of hydrogen-bond acceptors (Lipinski definition) is 4. The number of amides is 1. The second-order valence-corrected chi connectivity index (χ2v) is 5.31. The molecule has 1 aromatic heterocycles. The molecular formula is C14H19N3OS. The SMILES string of the molecule is CCN1CCN(C(=O)c2sccc2C#CCN)CC1. The topological polar surface area (TPSA) is 49.6 Å². The van der Waals surface area contributed by atoms with Gasteiger partial charge in [-0.2, -0.15) is 0 Å². The van der Waals surface area contributed by atoms with Crippen LogP contribution in [-0.2, 0) is 0 Å². The van der Waals surface area contributed by atoms with Crippen LogP contribution in [0, 0.1) is 11.8 Å². The van der Waals surface area contributed by atoms with Crippen LogP contribution in [0.4, 0.5) is 0 Å². The number of likely N-dealkylation sites (N-methyl/N-ethyl adjacent to an activating group) is 1. The number of piperazine rings is 1. The van der Waals surface area contributed by atoms with Gasteiger partial charge in [-0.05, 0) is 18.0 Å². The van der Waals surface area contributed by atoms with Crippen molar-refractivity contribution in [3.05, 3.63) is 21.9 Å². The molecule has 0 bridgehead atoms. The third kappa shape index (κ3) is 3.35. The Morgan fingerprint density at radius 2 is 2.16 bits per heavy atom. The molecule has 1 amide bonds. The van der Waals surface area contributed by atoms with Crippen LogP contribution in [0.25, 0.3) is 0 Å². The average molecular weight is 277 g/mol. The van der Waals surface area contributed by atoms with Crippen molar-refractivity contribution in [1.82, 2.24) is 9.80 Å². The van der Waals surface area contributed by atoms with E-state index in [-0.39, 0.29) is 5.91 Å². The summed E-state index contributed by atoms with van der Waals surface area (Å²) in [6.07, 6.45) is 0. The highest BCUT2D eigenvalue weighted by molar-refractivity contribution is 7.12. The fourth-order valence-electron chi connectivity index (χ4n) is 2.13. The Morgan fingerprint density at radius 1 is 1.42 bits per heavy atom. The van der Waals surface area contributed by atoms with E-state index in [1.54, 1.807) is 0 Å². The van der Waals surface area contributed by atoms with Gasteiger partial charge in [0.2, 0.25) is 0 Å².